The molecular formula is C11H14N4O2. The maximum Gasteiger partial charge on any atom is 0.251 e. The summed E-state index contributed by atoms with van der Waals surface area (Å²) in [7, 11) is 1.49. The van der Waals surface area contributed by atoms with Crippen molar-refractivity contribution in [3.63, 3.8) is 0 Å². The van der Waals surface area contributed by atoms with Crippen LogP contribution in [0.25, 0.3) is 0 Å². The Labute approximate surface area is 98.8 Å². The smallest absolute Gasteiger partial charge is 0.251 e. The van der Waals surface area contributed by atoms with E-state index in [4.69, 9.17) is 5.73 Å². The lowest BCUT2D eigenvalue weighted by Crippen LogP contribution is -2.48. The first-order valence-electron chi connectivity index (χ1n) is 5.36. The minimum Gasteiger partial charge on any atom is -0.397 e. The van der Waals surface area contributed by atoms with Gasteiger partial charge in [-0.3, -0.25) is 14.5 Å². The zero-order valence-electron chi connectivity index (χ0n) is 9.51. The summed E-state index contributed by atoms with van der Waals surface area (Å²) < 4.78 is 0. The van der Waals surface area contributed by atoms with E-state index in [1.807, 2.05) is 0 Å². The number of nitrogen functional groups attached to an aromatic ring is 1. The van der Waals surface area contributed by atoms with Crippen LogP contribution in [0.4, 0.5) is 11.5 Å². The summed E-state index contributed by atoms with van der Waals surface area (Å²) in [5, 5.41) is 3.00. The van der Waals surface area contributed by atoms with Crippen molar-refractivity contribution in [2.45, 2.75) is 18.9 Å². The van der Waals surface area contributed by atoms with Crippen LogP contribution in [-0.4, -0.2) is 34.8 Å². The van der Waals surface area contributed by atoms with Gasteiger partial charge < -0.3 is 11.1 Å². The highest BCUT2D eigenvalue weighted by molar-refractivity contribution is 6.01. The Bertz CT molecular complexity index is 443. The van der Waals surface area contributed by atoms with Gasteiger partial charge in [-0.05, 0) is 18.6 Å². The van der Waals surface area contributed by atoms with Gasteiger partial charge in [0, 0.05) is 13.5 Å². The molecule has 1 aliphatic rings. The molecule has 2 amide bonds. The number of hydrogen-bond acceptors (Lipinski definition) is 5. The minimum absolute atomic E-state index is 0.140. The lowest BCUT2D eigenvalue weighted by atomic mass is 10.0. The summed E-state index contributed by atoms with van der Waals surface area (Å²) in [6.07, 6.45) is 2.38. The van der Waals surface area contributed by atoms with E-state index >= 15 is 0 Å². The van der Waals surface area contributed by atoms with Crippen LogP contribution in [0, 0.1) is 0 Å². The molecule has 1 unspecified atom stereocenters. The van der Waals surface area contributed by atoms with E-state index in [0.717, 1.165) is 4.90 Å². The number of anilines is 2. The van der Waals surface area contributed by atoms with E-state index in [1.165, 1.54) is 13.2 Å². The molecule has 0 spiro atoms. The largest absolute Gasteiger partial charge is 0.397 e. The van der Waals surface area contributed by atoms with Crippen molar-refractivity contribution >= 4 is 23.3 Å². The van der Waals surface area contributed by atoms with Crippen molar-refractivity contribution in [2.24, 2.45) is 0 Å². The molecule has 3 N–H and O–H groups in total. The number of amides is 2. The topological polar surface area (TPSA) is 88.3 Å². The average molecular weight is 234 g/mol. The van der Waals surface area contributed by atoms with Gasteiger partial charge in [-0.1, -0.05) is 0 Å². The number of nitrogens with zero attached hydrogens (tertiary/aromatic N) is 2. The molecule has 1 aromatic rings. The van der Waals surface area contributed by atoms with Gasteiger partial charge in [0.15, 0.2) is 0 Å². The summed E-state index contributed by atoms with van der Waals surface area (Å²) >= 11 is 0. The molecule has 90 valence electrons. The minimum atomic E-state index is -0.395. The number of rotatable bonds is 2. The molecule has 1 fully saturated rings. The number of likely N-dealkylation sites (tertiary alicyclic amines) is 1. The number of piperidine rings is 1. The molecule has 0 radical (unpaired) electrons. The molecular weight excluding hydrogens is 220 g/mol. The molecule has 1 saturated heterocycles. The zero-order valence-corrected chi connectivity index (χ0v) is 9.51. The Morgan fingerprint density at radius 3 is 2.88 bits per heavy atom. The summed E-state index contributed by atoms with van der Waals surface area (Å²) in [5.41, 5.74) is 6.08. The Morgan fingerprint density at radius 1 is 1.47 bits per heavy atom. The number of carbonyl (C=O) groups is 2. The van der Waals surface area contributed by atoms with Crippen molar-refractivity contribution in [3.8, 4) is 0 Å². The average Bonchev–Trinajstić information content (AvgIpc) is 2.33. The van der Waals surface area contributed by atoms with Crippen LogP contribution >= 0.6 is 0 Å². The third-order valence-corrected chi connectivity index (χ3v) is 2.76. The predicted octanol–water partition coefficient (Wildman–Crippen LogP) is 0.223. The number of hydrogen-bond donors (Lipinski definition) is 2. The van der Waals surface area contributed by atoms with Gasteiger partial charge in [-0.15, -0.1) is 0 Å². The maximum absolute atomic E-state index is 11.8. The molecule has 1 aliphatic heterocycles. The molecule has 1 aromatic heterocycles. The van der Waals surface area contributed by atoms with Crippen LogP contribution in [-0.2, 0) is 9.59 Å². The van der Waals surface area contributed by atoms with Crippen molar-refractivity contribution in [1.82, 2.24) is 9.88 Å². The van der Waals surface area contributed by atoms with Crippen molar-refractivity contribution in [1.29, 1.82) is 0 Å². The summed E-state index contributed by atoms with van der Waals surface area (Å²) in [5.74, 6) is 0.221. The number of imide groups is 1. The van der Waals surface area contributed by atoms with Gasteiger partial charge in [0.1, 0.15) is 11.9 Å². The summed E-state index contributed by atoms with van der Waals surface area (Å²) in [6, 6.07) is 3.02. The van der Waals surface area contributed by atoms with Crippen LogP contribution in [0.1, 0.15) is 12.8 Å². The quantitative estimate of drug-likeness (QED) is 0.715. The van der Waals surface area contributed by atoms with E-state index in [0.29, 0.717) is 24.3 Å². The van der Waals surface area contributed by atoms with Crippen LogP contribution in [0.2, 0.25) is 0 Å². The second kappa shape index (κ2) is 4.40. The normalized spacial score (nSPS) is 20.5. The lowest BCUT2D eigenvalue weighted by molar-refractivity contribution is -0.146. The van der Waals surface area contributed by atoms with Crippen LogP contribution in [0.3, 0.4) is 0 Å². The summed E-state index contributed by atoms with van der Waals surface area (Å²) in [4.78, 5) is 28.3. The number of likely N-dealkylation sites (N-methyl/N-ethyl adjacent to an activating group) is 1. The molecule has 6 nitrogen and oxygen atoms in total. The number of pyridine rings is 1. The fraction of sp³-hybridized carbons (Fsp3) is 0.364. The Kier molecular flexibility index (Phi) is 2.95. The highest BCUT2D eigenvalue weighted by atomic mass is 16.2. The third-order valence-electron chi connectivity index (χ3n) is 2.76. The first-order valence-corrected chi connectivity index (χ1v) is 5.36. The Balaban J connectivity index is 2.06. The fourth-order valence-corrected chi connectivity index (χ4v) is 1.72. The van der Waals surface area contributed by atoms with Crippen LogP contribution in [0.5, 0.6) is 0 Å². The van der Waals surface area contributed by atoms with Gasteiger partial charge in [-0.2, -0.15) is 0 Å². The number of nitrogens with two attached hydrogens (primary N) is 1. The first-order chi connectivity index (χ1) is 8.08. The molecule has 6 heteroatoms. The van der Waals surface area contributed by atoms with Crippen molar-refractivity contribution < 1.29 is 9.59 Å². The van der Waals surface area contributed by atoms with Gasteiger partial charge in [-0.25, -0.2) is 4.98 Å². The second-order valence-corrected chi connectivity index (χ2v) is 4.00. The molecule has 0 aromatic carbocycles. The van der Waals surface area contributed by atoms with E-state index in [-0.39, 0.29) is 11.8 Å². The zero-order chi connectivity index (χ0) is 12.4. The van der Waals surface area contributed by atoms with Crippen LogP contribution in [0.15, 0.2) is 18.3 Å². The fourth-order valence-electron chi connectivity index (χ4n) is 1.72. The van der Waals surface area contributed by atoms with Gasteiger partial charge in [0.05, 0.1) is 11.9 Å². The Morgan fingerprint density at radius 2 is 2.24 bits per heavy atom. The van der Waals surface area contributed by atoms with Gasteiger partial charge in [0.2, 0.25) is 5.91 Å². The number of nitrogens with one attached hydrogen (secondary N) is 1. The maximum atomic E-state index is 11.8. The van der Waals surface area contributed by atoms with Gasteiger partial charge >= 0.3 is 0 Å². The molecule has 2 rings (SSSR count). The number of carbonyl (C=O) groups excluding carboxylic acids is 2. The second-order valence-electron chi connectivity index (χ2n) is 4.00. The standard InChI is InChI=1S/C11H14N4O2/c1-15-10(16)5-3-8(11(15)17)14-9-4-2-7(12)6-13-9/h2,4,6,8H,3,5,12H2,1H3,(H,13,14). The Hall–Kier alpha value is -2.11. The SMILES string of the molecule is CN1C(=O)CCC(Nc2ccc(N)cn2)C1=O. The molecule has 1 atom stereocenters. The molecule has 17 heavy (non-hydrogen) atoms. The molecule has 0 saturated carbocycles. The molecule has 0 bridgehead atoms. The number of aromatic nitrogens is 1. The van der Waals surface area contributed by atoms with Crippen molar-refractivity contribution in [3.05, 3.63) is 18.3 Å². The third kappa shape index (κ3) is 2.35. The van der Waals surface area contributed by atoms with E-state index in [1.54, 1.807) is 12.1 Å². The highest BCUT2D eigenvalue weighted by Gasteiger charge is 2.31. The molecule has 0 aliphatic carbocycles. The van der Waals surface area contributed by atoms with Gasteiger partial charge in [0.25, 0.3) is 5.91 Å². The van der Waals surface area contributed by atoms with E-state index in [2.05, 4.69) is 10.3 Å². The van der Waals surface area contributed by atoms with Crippen LogP contribution < -0.4 is 11.1 Å². The lowest BCUT2D eigenvalue weighted by Gasteiger charge is -2.28. The summed E-state index contributed by atoms with van der Waals surface area (Å²) in [6.45, 7) is 0. The van der Waals surface area contributed by atoms with E-state index < -0.39 is 6.04 Å². The van der Waals surface area contributed by atoms with E-state index in [9.17, 15) is 9.59 Å². The molecule has 2 heterocycles. The highest BCUT2D eigenvalue weighted by Crippen LogP contribution is 2.16. The van der Waals surface area contributed by atoms with Crippen molar-refractivity contribution in [2.75, 3.05) is 18.1 Å². The predicted molar refractivity (Wildman–Crippen MR) is 63.1 cm³/mol. The first kappa shape index (κ1) is 11.4. The monoisotopic (exact) mass is 234 g/mol.